The van der Waals surface area contributed by atoms with Crippen molar-refractivity contribution in [1.82, 2.24) is 4.90 Å². The number of likely N-dealkylation sites (tertiary alicyclic amines) is 1. The van der Waals surface area contributed by atoms with E-state index in [1.165, 1.54) is 6.42 Å². The third-order valence-electron chi connectivity index (χ3n) is 4.26. The van der Waals surface area contributed by atoms with Crippen LogP contribution in [0.25, 0.3) is 0 Å². The summed E-state index contributed by atoms with van der Waals surface area (Å²) in [6.45, 7) is 1.71. The summed E-state index contributed by atoms with van der Waals surface area (Å²) >= 11 is 0. The van der Waals surface area contributed by atoms with Crippen LogP contribution in [0.5, 0.6) is 5.75 Å². The Morgan fingerprint density at radius 2 is 1.95 bits per heavy atom. The number of esters is 1. The highest BCUT2D eigenvalue weighted by atomic mass is 16.5. The first-order chi connectivity index (χ1) is 10.7. The first-order valence-corrected chi connectivity index (χ1v) is 7.89. The van der Waals surface area contributed by atoms with Gasteiger partial charge in [-0.3, -0.25) is 9.59 Å². The number of fused-ring (bicyclic) bond motifs is 1. The zero-order valence-corrected chi connectivity index (χ0v) is 12.6. The van der Waals surface area contributed by atoms with Gasteiger partial charge in [0.05, 0.1) is 5.92 Å². The molecule has 1 amide bonds. The van der Waals surface area contributed by atoms with E-state index in [1.54, 1.807) is 4.90 Å². The molecule has 5 heteroatoms. The number of benzene rings is 1. The number of carbonyl (C=O) groups excluding carboxylic acids is 2. The number of nitrogens with zero attached hydrogens (tertiary/aromatic N) is 1. The van der Waals surface area contributed by atoms with E-state index in [4.69, 9.17) is 9.47 Å². The fraction of sp³-hybridized carbons (Fsp3) is 0.529. The van der Waals surface area contributed by atoms with Crippen molar-refractivity contribution in [3.8, 4) is 5.75 Å². The molecule has 22 heavy (non-hydrogen) atoms. The number of piperidine rings is 1. The van der Waals surface area contributed by atoms with Gasteiger partial charge in [0.1, 0.15) is 12.4 Å². The van der Waals surface area contributed by atoms with Crippen molar-refractivity contribution in [3.05, 3.63) is 29.8 Å². The Hall–Kier alpha value is -2.04. The minimum atomic E-state index is -0.347. The molecular weight excluding hydrogens is 282 g/mol. The third-order valence-corrected chi connectivity index (χ3v) is 4.26. The predicted molar refractivity (Wildman–Crippen MR) is 80.5 cm³/mol. The summed E-state index contributed by atoms with van der Waals surface area (Å²) in [6.07, 6.45) is 3.84. The fourth-order valence-electron chi connectivity index (χ4n) is 2.96. The van der Waals surface area contributed by atoms with Crippen LogP contribution in [0.4, 0.5) is 0 Å². The van der Waals surface area contributed by atoms with Crippen LogP contribution >= 0.6 is 0 Å². The summed E-state index contributed by atoms with van der Waals surface area (Å²) < 4.78 is 10.8. The van der Waals surface area contributed by atoms with Gasteiger partial charge in [-0.05, 0) is 37.3 Å². The van der Waals surface area contributed by atoms with Gasteiger partial charge in [0.25, 0.3) is 5.91 Å². The van der Waals surface area contributed by atoms with E-state index in [1.807, 2.05) is 24.3 Å². The maximum Gasteiger partial charge on any atom is 0.313 e. The highest BCUT2D eigenvalue weighted by Crippen LogP contribution is 2.27. The van der Waals surface area contributed by atoms with Gasteiger partial charge >= 0.3 is 5.97 Å². The van der Waals surface area contributed by atoms with Crippen LogP contribution in [-0.2, 0) is 20.7 Å². The van der Waals surface area contributed by atoms with Crippen LogP contribution in [0, 0.1) is 5.92 Å². The summed E-state index contributed by atoms with van der Waals surface area (Å²) in [5.74, 6) is 0.0602. The van der Waals surface area contributed by atoms with Gasteiger partial charge < -0.3 is 14.4 Å². The molecule has 118 valence electrons. The second-order valence-electron chi connectivity index (χ2n) is 5.87. The van der Waals surface area contributed by atoms with E-state index in [9.17, 15) is 9.59 Å². The molecule has 1 fully saturated rings. The zero-order valence-electron chi connectivity index (χ0n) is 12.6. The molecule has 1 saturated heterocycles. The van der Waals surface area contributed by atoms with E-state index >= 15 is 0 Å². The molecule has 1 atom stereocenters. The Morgan fingerprint density at radius 3 is 2.77 bits per heavy atom. The Bertz CT molecular complexity index is 551. The van der Waals surface area contributed by atoms with E-state index in [0.717, 1.165) is 37.2 Å². The summed E-state index contributed by atoms with van der Waals surface area (Å²) in [5.41, 5.74) is 1.01. The van der Waals surface area contributed by atoms with Crippen molar-refractivity contribution in [2.24, 2.45) is 5.92 Å². The first kappa shape index (κ1) is 14.9. The Balaban J connectivity index is 1.49. The number of rotatable bonds is 3. The van der Waals surface area contributed by atoms with Gasteiger partial charge in [0, 0.05) is 13.1 Å². The monoisotopic (exact) mass is 303 g/mol. The van der Waals surface area contributed by atoms with Crippen LogP contribution in [0.2, 0.25) is 0 Å². The molecule has 0 radical (unpaired) electrons. The van der Waals surface area contributed by atoms with Crippen LogP contribution in [-0.4, -0.2) is 43.1 Å². The SMILES string of the molecule is O=C(OCC(=O)N1CCCCC1)C1COc2ccccc2C1. The number of amides is 1. The molecule has 0 spiro atoms. The van der Waals surface area contributed by atoms with Crippen molar-refractivity contribution in [1.29, 1.82) is 0 Å². The van der Waals surface area contributed by atoms with Crippen molar-refractivity contribution in [3.63, 3.8) is 0 Å². The lowest BCUT2D eigenvalue weighted by Gasteiger charge is -2.27. The van der Waals surface area contributed by atoms with Gasteiger partial charge in [-0.15, -0.1) is 0 Å². The quantitative estimate of drug-likeness (QED) is 0.799. The van der Waals surface area contributed by atoms with Crippen LogP contribution < -0.4 is 4.74 Å². The molecule has 2 aliphatic rings. The average molecular weight is 303 g/mol. The zero-order chi connectivity index (χ0) is 15.4. The molecule has 0 aliphatic carbocycles. The van der Waals surface area contributed by atoms with Crippen LogP contribution in [0.1, 0.15) is 24.8 Å². The summed E-state index contributed by atoms with van der Waals surface area (Å²) in [7, 11) is 0. The highest BCUT2D eigenvalue weighted by molar-refractivity contribution is 5.81. The van der Waals surface area contributed by atoms with Crippen molar-refractivity contribution in [2.45, 2.75) is 25.7 Å². The number of hydrogen-bond donors (Lipinski definition) is 0. The molecule has 2 heterocycles. The van der Waals surface area contributed by atoms with Gasteiger partial charge in [-0.1, -0.05) is 18.2 Å². The normalized spacial score (nSPS) is 20.7. The average Bonchev–Trinajstić information content (AvgIpc) is 2.59. The molecule has 1 aromatic carbocycles. The summed E-state index contributed by atoms with van der Waals surface area (Å²) in [6, 6.07) is 7.69. The minimum absolute atomic E-state index is 0.0924. The summed E-state index contributed by atoms with van der Waals surface area (Å²) in [5, 5.41) is 0. The molecule has 0 N–H and O–H groups in total. The van der Waals surface area contributed by atoms with E-state index in [0.29, 0.717) is 13.0 Å². The van der Waals surface area contributed by atoms with Crippen molar-refractivity contribution < 1.29 is 19.1 Å². The number of carbonyl (C=O) groups is 2. The summed E-state index contributed by atoms with van der Waals surface area (Å²) in [4.78, 5) is 25.9. The standard InChI is InChI=1S/C17H21NO4/c19-16(18-8-4-1-5-9-18)12-22-17(20)14-10-13-6-2-3-7-15(13)21-11-14/h2-3,6-7,14H,1,4-5,8-12H2. The Morgan fingerprint density at radius 1 is 1.18 bits per heavy atom. The van der Waals surface area contributed by atoms with Crippen LogP contribution in [0.15, 0.2) is 24.3 Å². The number of para-hydroxylation sites is 1. The highest BCUT2D eigenvalue weighted by Gasteiger charge is 2.28. The Kier molecular flexibility index (Phi) is 4.61. The maximum absolute atomic E-state index is 12.1. The van der Waals surface area contributed by atoms with Gasteiger partial charge in [-0.2, -0.15) is 0 Å². The second-order valence-corrected chi connectivity index (χ2v) is 5.87. The topological polar surface area (TPSA) is 55.8 Å². The van der Waals surface area contributed by atoms with Gasteiger partial charge in [0.2, 0.25) is 0 Å². The third kappa shape index (κ3) is 3.40. The second kappa shape index (κ2) is 6.81. The van der Waals surface area contributed by atoms with E-state index in [2.05, 4.69) is 0 Å². The molecule has 5 nitrogen and oxygen atoms in total. The van der Waals surface area contributed by atoms with Crippen molar-refractivity contribution >= 4 is 11.9 Å². The van der Waals surface area contributed by atoms with E-state index < -0.39 is 0 Å². The number of hydrogen-bond acceptors (Lipinski definition) is 4. The smallest absolute Gasteiger partial charge is 0.313 e. The lowest BCUT2D eigenvalue weighted by atomic mass is 9.97. The van der Waals surface area contributed by atoms with E-state index in [-0.39, 0.29) is 24.4 Å². The molecule has 2 aliphatic heterocycles. The fourth-order valence-corrected chi connectivity index (χ4v) is 2.96. The number of ether oxygens (including phenoxy) is 2. The largest absolute Gasteiger partial charge is 0.492 e. The minimum Gasteiger partial charge on any atom is -0.492 e. The predicted octanol–water partition coefficient (Wildman–Crippen LogP) is 1.79. The molecule has 0 bridgehead atoms. The van der Waals surface area contributed by atoms with Crippen LogP contribution in [0.3, 0.4) is 0 Å². The molecule has 3 rings (SSSR count). The van der Waals surface area contributed by atoms with Gasteiger partial charge in [-0.25, -0.2) is 0 Å². The molecule has 1 unspecified atom stereocenters. The van der Waals surface area contributed by atoms with Gasteiger partial charge in [0.15, 0.2) is 6.61 Å². The Labute approximate surface area is 130 Å². The first-order valence-electron chi connectivity index (χ1n) is 7.89. The lowest BCUT2D eigenvalue weighted by molar-refractivity contribution is -0.157. The lowest BCUT2D eigenvalue weighted by Crippen LogP contribution is -2.39. The molecule has 1 aromatic rings. The van der Waals surface area contributed by atoms with Crippen molar-refractivity contribution in [2.75, 3.05) is 26.3 Å². The molecule has 0 aromatic heterocycles. The molecular formula is C17H21NO4. The molecule has 0 saturated carbocycles. The maximum atomic E-state index is 12.1.